The Bertz CT molecular complexity index is 613. The molecule has 0 saturated carbocycles. The molecule has 0 radical (unpaired) electrons. The highest BCUT2D eigenvalue weighted by Crippen LogP contribution is 2.16. The van der Waals surface area contributed by atoms with Gasteiger partial charge in [0.2, 0.25) is 0 Å². The molecule has 23 heavy (non-hydrogen) atoms. The van der Waals surface area contributed by atoms with Gasteiger partial charge in [-0.3, -0.25) is 0 Å². The zero-order valence-electron chi connectivity index (χ0n) is 14.1. The first kappa shape index (κ1) is 17.5. The van der Waals surface area contributed by atoms with E-state index in [-0.39, 0.29) is 0 Å². The molecule has 1 aromatic heterocycles. The first-order valence-electron chi connectivity index (χ1n) is 8.13. The number of rotatable bonds is 8. The summed E-state index contributed by atoms with van der Waals surface area (Å²) in [5.74, 6) is 2.64. The van der Waals surface area contributed by atoms with Gasteiger partial charge in [-0.2, -0.15) is 0 Å². The highest BCUT2D eigenvalue weighted by Gasteiger charge is 2.06. The van der Waals surface area contributed by atoms with Crippen molar-refractivity contribution >= 4 is 23.2 Å². The molecule has 0 atom stereocenters. The van der Waals surface area contributed by atoms with Gasteiger partial charge in [0.1, 0.15) is 17.5 Å². The largest absolute Gasteiger partial charge is 0.370 e. The number of nitrogens with zero attached hydrogens (tertiary/aromatic N) is 3. The van der Waals surface area contributed by atoms with E-state index in [1.54, 1.807) is 0 Å². The van der Waals surface area contributed by atoms with Crippen LogP contribution in [0.4, 0.5) is 11.6 Å². The highest BCUT2D eigenvalue weighted by atomic mass is 35.5. The van der Waals surface area contributed by atoms with Crippen LogP contribution in [0.1, 0.15) is 31.2 Å². The van der Waals surface area contributed by atoms with E-state index >= 15 is 0 Å². The van der Waals surface area contributed by atoms with Crippen LogP contribution in [0.3, 0.4) is 0 Å². The first-order valence-corrected chi connectivity index (χ1v) is 8.51. The third-order valence-electron chi connectivity index (χ3n) is 3.70. The van der Waals surface area contributed by atoms with Crippen molar-refractivity contribution in [1.29, 1.82) is 0 Å². The van der Waals surface area contributed by atoms with Crippen LogP contribution in [0, 0.1) is 6.92 Å². The van der Waals surface area contributed by atoms with Crippen LogP contribution in [0.25, 0.3) is 0 Å². The average Bonchev–Trinajstić information content (AvgIpc) is 2.54. The second-order valence-corrected chi connectivity index (χ2v) is 6.17. The molecule has 0 bridgehead atoms. The fourth-order valence-corrected chi connectivity index (χ4v) is 2.46. The van der Waals surface area contributed by atoms with Crippen LogP contribution in [0.2, 0.25) is 5.02 Å². The Morgan fingerprint density at radius 2 is 1.91 bits per heavy atom. The molecule has 0 aliphatic rings. The molecule has 4 nitrogen and oxygen atoms in total. The van der Waals surface area contributed by atoms with Crippen molar-refractivity contribution in [3.63, 3.8) is 0 Å². The Morgan fingerprint density at radius 3 is 2.61 bits per heavy atom. The number of unbranched alkanes of at least 4 members (excludes halogenated alkanes) is 1. The number of hydrogen-bond acceptors (Lipinski definition) is 4. The quantitative estimate of drug-likeness (QED) is 0.781. The topological polar surface area (TPSA) is 41.0 Å². The van der Waals surface area contributed by atoms with Crippen molar-refractivity contribution in [2.24, 2.45) is 0 Å². The van der Waals surface area contributed by atoms with E-state index in [0.717, 1.165) is 42.0 Å². The van der Waals surface area contributed by atoms with Crippen LogP contribution >= 0.6 is 11.6 Å². The van der Waals surface area contributed by atoms with Gasteiger partial charge in [0, 0.05) is 31.2 Å². The maximum absolute atomic E-state index is 5.90. The maximum Gasteiger partial charge on any atom is 0.134 e. The van der Waals surface area contributed by atoms with E-state index in [1.807, 2.05) is 25.1 Å². The molecule has 2 rings (SSSR count). The second-order valence-electron chi connectivity index (χ2n) is 5.74. The molecule has 124 valence electrons. The Morgan fingerprint density at radius 1 is 1.17 bits per heavy atom. The summed E-state index contributed by atoms with van der Waals surface area (Å²) < 4.78 is 0. The van der Waals surface area contributed by atoms with Gasteiger partial charge in [0.25, 0.3) is 0 Å². The molecule has 1 heterocycles. The van der Waals surface area contributed by atoms with Gasteiger partial charge in [0.15, 0.2) is 0 Å². The molecular formula is C18H25ClN4. The minimum Gasteiger partial charge on any atom is -0.370 e. The smallest absolute Gasteiger partial charge is 0.134 e. The van der Waals surface area contributed by atoms with Crippen molar-refractivity contribution < 1.29 is 0 Å². The van der Waals surface area contributed by atoms with Crippen LogP contribution in [-0.4, -0.2) is 30.1 Å². The fraction of sp³-hybridized carbons (Fsp3) is 0.444. The second kappa shape index (κ2) is 8.73. The van der Waals surface area contributed by atoms with E-state index in [0.29, 0.717) is 0 Å². The molecule has 0 spiro atoms. The monoisotopic (exact) mass is 332 g/mol. The molecule has 0 saturated heterocycles. The van der Waals surface area contributed by atoms with E-state index in [4.69, 9.17) is 11.6 Å². The molecule has 1 N–H and O–H groups in total. The van der Waals surface area contributed by atoms with Gasteiger partial charge in [-0.15, -0.1) is 0 Å². The van der Waals surface area contributed by atoms with Gasteiger partial charge in [-0.05, 0) is 37.5 Å². The molecule has 2 aromatic rings. The van der Waals surface area contributed by atoms with Gasteiger partial charge in [-0.25, -0.2) is 9.97 Å². The highest BCUT2D eigenvalue weighted by molar-refractivity contribution is 6.30. The summed E-state index contributed by atoms with van der Waals surface area (Å²) in [4.78, 5) is 11.2. The molecule has 5 heteroatoms. The summed E-state index contributed by atoms with van der Waals surface area (Å²) in [7, 11) is 2.08. The Labute approximate surface area is 143 Å². The lowest BCUT2D eigenvalue weighted by atomic mass is 10.1. The fourth-order valence-electron chi connectivity index (χ4n) is 2.33. The van der Waals surface area contributed by atoms with Crippen LogP contribution in [0.15, 0.2) is 30.3 Å². The van der Waals surface area contributed by atoms with E-state index in [2.05, 4.69) is 46.3 Å². The van der Waals surface area contributed by atoms with E-state index in [9.17, 15) is 0 Å². The van der Waals surface area contributed by atoms with E-state index in [1.165, 1.54) is 18.4 Å². The molecule has 0 aliphatic carbocycles. The number of anilines is 2. The summed E-state index contributed by atoms with van der Waals surface area (Å²) in [6.45, 7) is 5.97. The van der Waals surface area contributed by atoms with Crippen LogP contribution in [-0.2, 0) is 6.42 Å². The van der Waals surface area contributed by atoms with Crippen molar-refractivity contribution in [2.75, 3.05) is 30.4 Å². The van der Waals surface area contributed by atoms with Crippen molar-refractivity contribution in [2.45, 2.75) is 33.1 Å². The molecule has 1 aromatic carbocycles. The zero-order chi connectivity index (χ0) is 16.7. The van der Waals surface area contributed by atoms with Gasteiger partial charge < -0.3 is 10.2 Å². The zero-order valence-corrected chi connectivity index (χ0v) is 14.9. The molecule has 0 fully saturated rings. The molecular weight excluding hydrogens is 308 g/mol. The van der Waals surface area contributed by atoms with Crippen LogP contribution in [0.5, 0.6) is 0 Å². The lowest BCUT2D eigenvalue weighted by Crippen LogP contribution is -2.20. The van der Waals surface area contributed by atoms with Gasteiger partial charge in [-0.1, -0.05) is 37.1 Å². The summed E-state index contributed by atoms with van der Waals surface area (Å²) in [6.07, 6.45) is 3.28. The first-order chi connectivity index (χ1) is 11.1. The number of hydrogen-bond donors (Lipinski definition) is 1. The van der Waals surface area contributed by atoms with Gasteiger partial charge >= 0.3 is 0 Å². The summed E-state index contributed by atoms with van der Waals surface area (Å²) in [6, 6.07) is 9.97. The standard InChI is InChI=1S/C18H25ClN4/c1-4-5-12-23(3)18-13-17(21-14(2)22-18)20-11-10-15-6-8-16(19)9-7-15/h6-9,13H,4-5,10-12H2,1-3H3,(H,20,21,22). The Hall–Kier alpha value is -1.81. The molecule has 0 amide bonds. The van der Waals surface area contributed by atoms with Crippen molar-refractivity contribution in [1.82, 2.24) is 9.97 Å². The normalized spacial score (nSPS) is 10.6. The summed E-state index contributed by atoms with van der Waals surface area (Å²) >= 11 is 5.90. The Balaban J connectivity index is 1.94. The lowest BCUT2D eigenvalue weighted by Gasteiger charge is -2.19. The summed E-state index contributed by atoms with van der Waals surface area (Å²) in [5, 5.41) is 4.16. The minimum absolute atomic E-state index is 0.771. The molecule has 0 unspecified atom stereocenters. The average molecular weight is 333 g/mol. The number of aromatic nitrogens is 2. The number of nitrogens with one attached hydrogen (secondary N) is 1. The SMILES string of the molecule is CCCCN(C)c1cc(NCCc2ccc(Cl)cc2)nc(C)n1. The number of aryl methyl sites for hydroxylation is 1. The summed E-state index contributed by atoms with van der Waals surface area (Å²) in [5.41, 5.74) is 1.26. The van der Waals surface area contributed by atoms with Gasteiger partial charge in [0.05, 0.1) is 0 Å². The van der Waals surface area contributed by atoms with Crippen molar-refractivity contribution in [3.05, 3.63) is 46.7 Å². The van der Waals surface area contributed by atoms with E-state index < -0.39 is 0 Å². The Kier molecular flexibility index (Phi) is 6.66. The maximum atomic E-state index is 5.90. The minimum atomic E-state index is 0.771. The third-order valence-corrected chi connectivity index (χ3v) is 3.95. The third kappa shape index (κ3) is 5.71. The molecule has 0 aliphatic heterocycles. The predicted molar refractivity (Wildman–Crippen MR) is 98.6 cm³/mol. The van der Waals surface area contributed by atoms with Crippen LogP contribution < -0.4 is 10.2 Å². The lowest BCUT2D eigenvalue weighted by molar-refractivity contribution is 0.756. The van der Waals surface area contributed by atoms with Crippen molar-refractivity contribution in [3.8, 4) is 0 Å². The number of halogens is 1. The predicted octanol–water partition coefficient (Wildman–Crippen LogP) is 4.33. The number of benzene rings is 1.